The van der Waals surface area contributed by atoms with Gasteiger partial charge in [-0.2, -0.15) is 5.21 Å². The van der Waals surface area contributed by atoms with Gasteiger partial charge in [0, 0.05) is 10.1 Å². The number of aromatic nitrogens is 4. The lowest BCUT2D eigenvalue weighted by Gasteiger charge is -2.01. The van der Waals surface area contributed by atoms with Crippen molar-refractivity contribution in [2.75, 3.05) is 0 Å². The second-order valence-electron chi connectivity index (χ2n) is 4.18. The third-order valence-corrected chi connectivity index (χ3v) is 4.16. The highest BCUT2D eigenvalue weighted by Crippen LogP contribution is 2.32. The van der Waals surface area contributed by atoms with Gasteiger partial charge in [0.2, 0.25) is 0 Å². The molecule has 2 heterocycles. The van der Waals surface area contributed by atoms with Crippen LogP contribution in [0.1, 0.15) is 21.1 Å². The number of carbonyl (C=O) groups excluding carboxylic acids is 1. The summed E-state index contributed by atoms with van der Waals surface area (Å²) in [6.07, 6.45) is 0. The minimum absolute atomic E-state index is 0.172. The Bertz CT molecular complexity index is 768. The molecule has 3 aromatic rings. The summed E-state index contributed by atoms with van der Waals surface area (Å²) in [5.74, 6) is -0.190. The molecule has 0 aliphatic heterocycles. The molecule has 0 radical (unpaired) electrons. The van der Waals surface area contributed by atoms with Crippen LogP contribution in [0.2, 0.25) is 0 Å². The van der Waals surface area contributed by atoms with Gasteiger partial charge in [0.15, 0.2) is 5.82 Å². The van der Waals surface area contributed by atoms with E-state index in [2.05, 4.69) is 25.9 Å². The molecule has 8 heteroatoms. The smallest absolute Gasteiger partial charge is 0.262 e. The monoisotopic (exact) mass is 291 g/mol. The zero-order valence-corrected chi connectivity index (χ0v) is 11.3. The number of hydrogen-bond acceptors (Lipinski definition) is 5. The molecule has 0 atom stereocenters. The number of H-pyrrole nitrogens is 1. The average molecular weight is 291 g/mol. The minimum atomic E-state index is -0.312. The molecule has 0 aliphatic carbocycles. The second kappa shape index (κ2) is 4.97. The first-order valence-electron chi connectivity index (χ1n) is 5.85. The number of aromatic amines is 1. The van der Waals surface area contributed by atoms with E-state index in [-0.39, 0.29) is 18.3 Å². The summed E-state index contributed by atoms with van der Waals surface area (Å²) < 4.78 is 14.5. The third-order valence-electron chi connectivity index (χ3n) is 2.91. The van der Waals surface area contributed by atoms with E-state index in [1.165, 1.54) is 17.4 Å². The van der Waals surface area contributed by atoms with Crippen LogP contribution in [0.15, 0.2) is 18.2 Å². The number of thiophene rings is 1. The Kier molecular flexibility index (Phi) is 3.15. The van der Waals surface area contributed by atoms with E-state index in [9.17, 15) is 9.18 Å². The quantitative estimate of drug-likeness (QED) is 0.770. The van der Waals surface area contributed by atoms with Crippen LogP contribution >= 0.6 is 11.3 Å². The van der Waals surface area contributed by atoms with Crippen LogP contribution < -0.4 is 5.32 Å². The summed E-state index contributed by atoms with van der Waals surface area (Å²) >= 11 is 1.27. The van der Waals surface area contributed by atoms with Gasteiger partial charge in [-0.1, -0.05) is 11.3 Å². The number of benzene rings is 1. The number of rotatable bonds is 3. The molecule has 0 saturated carbocycles. The Morgan fingerprint density at radius 1 is 1.50 bits per heavy atom. The molecule has 0 aliphatic rings. The Balaban J connectivity index is 1.88. The SMILES string of the molecule is Cc1c(C(=O)NCc2nn[nH]n2)sc2cccc(F)c12. The van der Waals surface area contributed by atoms with E-state index in [4.69, 9.17) is 0 Å². The highest BCUT2D eigenvalue weighted by atomic mass is 32.1. The number of tetrazole rings is 1. The number of amides is 1. The van der Waals surface area contributed by atoms with Gasteiger partial charge in [-0.25, -0.2) is 4.39 Å². The van der Waals surface area contributed by atoms with Crippen LogP contribution in [0.5, 0.6) is 0 Å². The van der Waals surface area contributed by atoms with Crippen molar-refractivity contribution in [2.45, 2.75) is 13.5 Å². The van der Waals surface area contributed by atoms with Crippen molar-refractivity contribution in [2.24, 2.45) is 0 Å². The van der Waals surface area contributed by atoms with Crippen LogP contribution in [0, 0.1) is 12.7 Å². The summed E-state index contributed by atoms with van der Waals surface area (Å²) in [6.45, 7) is 1.91. The predicted molar refractivity (Wildman–Crippen MR) is 71.9 cm³/mol. The largest absolute Gasteiger partial charge is 0.344 e. The van der Waals surface area contributed by atoms with Crippen molar-refractivity contribution < 1.29 is 9.18 Å². The van der Waals surface area contributed by atoms with Crippen LogP contribution in [-0.2, 0) is 6.54 Å². The summed E-state index contributed by atoms with van der Waals surface area (Å²) in [5.41, 5.74) is 0.647. The van der Waals surface area contributed by atoms with E-state index in [0.29, 0.717) is 21.7 Å². The van der Waals surface area contributed by atoms with E-state index >= 15 is 0 Å². The molecule has 20 heavy (non-hydrogen) atoms. The molecular weight excluding hydrogens is 281 g/mol. The Morgan fingerprint density at radius 3 is 3.05 bits per heavy atom. The van der Waals surface area contributed by atoms with Gasteiger partial charge in [0.05, 0.1) is 11.4 Å². The summed E-state index contributed by atoms with van der Waals surface area (Å²) in [5, 5.41) is 16.4. The van der Waals surface area contributed by atoms with E-state index in [1.54, 1.807) is 19.1 Å². The molecule has 2 N–H and O–H groups in total. The zero-order valence-electron chi connectivity index (χ0n) is 10.5. The van der Waals surface area contributed by atoms with Gasteiger partial charge in [0.1, 0.15) is 5.82 Å². The zero-order chi connectivity index (χ0) is 14.1. The van der Waals surface area contributed by atoms with Gasteiger partial charge < -0.3 is 5.32 Å². The molecular formula is C12H10FN5OS. The van der Waals surface area contributed by atoms with E-state index in [0.717, 1.165) is 4.70 Å². The van der Waals surface area contributed by atoms with Crippen LogP contribution in [0.4, 0.5) is 4.39 Å². The molecule has 0 spiro atoms. The third kappa shape index (κ3) is 2.14. The van der Waals surface area contributed by atoms with E-state index < -0.39 is 0 Å². The molecule has 102 valence electrons. The normalized spacial score (nSPS) is 10.9. The molecule has 0 unspecified atom stereocenters. The number of aryl methyl sites for hydroxylation is 1. The molecule has 0 fully saturated rings. The highest BCUT2D eigenvalue weighted by Gasteiger charge is 2.17. The maximum absolute atomic E-state index is 13.8. The molecule has 0 bridgehead atoms. The molecule has 0 saturated heterocycles. The topological polar surface area (TPSA) is 83.6 Å². The van der Waals surface area contributed by atoms with Crippen LogP contribution in [0.3, 0.4) is 0 Å². The highest BCUT2D eigenvalue weighted by molar-refractivity contribution is 7.21. The number of carbonyl (C=O) groups is 1. The van der Waals surface area contributed by atoms with Crippen LogP contribution in [-0.4, -0.2) is 26.5 Å². The van der Waals surface area contributed by atoms with Crippen molar-refractivity contribution in [3.8, 4) is 0 Å². The molecule has 6 nitrogen and oxygen atoms in total. The maximum Gasteiger partial charge on any atom is 0.262 e. The fourth-order valence-electron chi connectivity index (χ4n) is 1.97. The minimum Gasteiger partial charge on any atom is -0.344 e. The van der Waals surface area contributed by atoms with Crippen molar-refractivity contribution in [1.29, 1.82) is 0 Å². The fourth-order valence-corrected chi connectivity index (χ4v) is 3.11. The summed E-state index contributed by atoms with van der Waals surface area (Å²) in [7, 11) is 0. The lowest BCUT2D eigenvalue weighted by molar-refractivity contribution is 0.0953. The Labute approximate surface area is 117 Å². The van der Waals surface area contributed by atoms with Gasteiger partial charge in [-0.05, 0) is 24.6 Å². The number of fused-ring (bicyclic) bond motifs is 1. The first-order valence-corrected chi connectivity index (χ1v) is 6.66. The number of nitrogens with one attached hydrogen (secondary N) is 2. The Morgan fingerprint density at radius 2 is 2.35 bits per heavy atom. The second-order valence-corrected chi connectivity index (χ2v) is 5.23. The lowest BCUT2D eigenvalue weighted by Crippen LogP contribution is -2.23. The summed E-state index contributed by atoms with van der Waals surface area (Å²) in [6, 6.07) is 4.82. The number of halogens is 1. The molecule has 1 aromatic carbocycles. The van der Waals surface area contributed by atoms with E-state index in [1.807, 2.05) is 0 Å². The van der Waals surface area contributed by atoms with Gasteiger partial charge >= 0.3 is 0 Å². The Hall–Kier alpha value is -2.35. The molecule has 2 aromatic heterocycles. The number of nitrogens with zero attached hydrogens (tertiary/aromatic N) is 3. The van der Waals surface area contributed by atoms with Gasteiger partial charge in [0.25, 0.3) is 5.91 Å². The molecule has 3 rings (SSSR count). The predicted octanol–water partition coefficient (Wildman–Crippen LogP) is 1.79. The van der Waals surface area contributed by atoms with Gasteiger partial charge in [-0.3, -0.25) is 4.79 Å². The van der Waals surface area contributed by atoms with Crippen molar-refractivity contribution in [3.63, 3.8) is 0 Å². The van der Waals surface area contributed by atoms with Crippen molar-refractivity contribution in [3.05, 3.63) is 40.3 Å². The lowest BCUT2D eigenvalue weighted by atomic mass is 10.1. The first kappa shape index (κ1) is 12.7. The molecule has 1 amide bonds. The average Bonchev–Trinajstić information content (AvgIpc) is 3.05. The fraction of sp³-hybridized carbons (Fsp3) is 0.167. The van der Waals surface area contributed by atoms with Crippen molar-refractivity contribution >= 4 is 27.3 Å². The summed E-state index contributed by atoms with van der Waals surface area (Å²) in [4.78, 5) is 12.6. The van der Waals surface area contributed by atoms with Gasteiger partial charge in [-0.15, -0.1) is 21.5 Å². The first-order chi connectivity index (χ1) is 9.66. The maximum atomic E-state index is 13.8. The number of hydrogen-bond donors (Lipinski definition) is 2. The van der Waals surface area contributed by atoms with Crippen LogP contribution in [0.25, 0.3) is 10.1 Å². The van der Waals surface area contributed by atoms with Crippen molar-refractivity contribution in [1.82, 2.24) is 25.9 Å². The standard InChI is InChI=1S/C12H10FN5OS/c1-6-10-7(13)3-2-4-8(10)20-11(6)12(19)14-5-9-15-17-18-16-9/h2-4H,5H2,1H3,(H,14,19)(H,15,16,17,18).